The van der Waals surface area contributed by atoms with Crippen molar-refractivity contribution in [2.24, 2.45) is 0 Å². The Morgan fingerprint density at radius 2 is 1.94 bits per heavy atom. The van der Waals surface area contributed by atoms with Gasteiger partial charge < -0.3 is 9.15 Å². The molecule has 84 valence electrons. The number of ether oxygens (including phenoxy) is 1. The fraction of sp³-hybridized carbons (Fsp3) is 0.0714. The monoisotopic (exact) mass is 225 g/mol. The first-order valence-corrected chi connectivity index (χ1v) is 5.34. The minimum absolute atomic E-state index is 0.808. The average molecular weight is 225 g/mol. The second kappa shape index (κ2) is 3.94. The maximum absolute atomic E-state index is 5.26. The van der Waals surface area contributed by atoms with Crippen LogP contribution >= 0.6 is 0 Å². The van der Waals surface area contributed by atoms with E-state index in [1.165, 1.54) is 0 Å². The Hall–Kier alpha value is -2.29. The van der Waals surface area contributed by atoms with E-state index in [9.17, 15) is 0 Å². The van der Waals surface area contributed by atoms with Gasteiger partial charge in [-0.25, -0.2) is 0 Å². The van der Waals surface area contributed by atoms with Gasteiger partial charge in [-0.3, -0.25) is 4.98 Å². The summed E-state index contributed by atoms with van der Waals surface area (Å²) in [5.41, 5.74) is 2.80. The van der Waals surface area contributed by atoms with Crippen LogP contribution < -0.4 is 4.74 Å². The molecule has 17 heavy (non-hydrogen) atoms. The summed E-state index contributed by atoms with van der Waals surface area (Å²) in [4.78, 5) is 4.37. The van der Waals surface area contributed by atoms with E-state index in [2.05, 4.69) is 4.98 Å². The van der Waals surface area contributed by atoms with Crippen molar-refractivity contribution in [3.63, 3.8) is 0 Å². The molecule has 0 N–H and O–H groups in total. The van der Waals surface area contributed by atoms with Crippen molar-refractivity contribution in [2.75, 3.05) is 7.11 Å². The molecule has 1 aromatic carbocycles. The van der Waals surface area contributed by atoms with E-state index in [4.69, 9.17) is 9.15 Å². The molecule has 3 heteroatoms. The highest BCUT2D eigenvalue weighted by Gasteiger charge is 2.03. The number of furan rings is 1. The third-order valence-corrected chi connectivity index (χ3v) is 2.73. The number of nitrogens with zero attached hydrogens (tertiary/aromatic N) is 1. The van der Waals surface area contributed by atoms with Crippen molar-refractivity contribution < 1.29 is 9.15 Å². The second-order valence-electron chi connectivity index (χ2n) is 3.76. The summed E-state index contributed by atoms with van der Waals surface area (Å²) < 4.78 is 10.4. The normalized spacial score (nSPS) is 10.6. The Balaban J connectivity index is 2.06. The van der Waals surface area contributed by atoms with Gasteiger partial charge in [-0.2, -0.15) is 0 Å². The molecular formula is C14H11NO2. The quantitative estimate of drug-likeness (QED) is 0.669. The molecule has 0 saturated carbocycles. The highest BCUT2D eigenvalue weighted by Crippen LogP contribution is 2.24. The standard InChI is InChI=1S/C14H11NO2/c1-16-12-4-2-10(3-5-12)13-8-11-6-7-17-14(11)9-15-13/h2-9H,1H3. The third kappa shape index (κ3) is 1.76. The molecule has 3 nitrogen and oxygen atoms in total. The molecule has 3 rings (SSSR count). The molecule has 0 aliphatic carbocycles. The largest absolute Gasteiger partial charge is 0.497 e. The van der Waals surface area contributed by atoms with Crippen LogP contribution in [0, 0.1) is 0 Å². The Morgan fingerprint density at radius 3 is 2.71 bits per heavy atom. The highest BCUT2D eigenvalue weighted by atomic mass is 16.5. The minimum atomic E-state index is 0.808. The van der Waals surface area contributed by atoms with Crippen LogP contribution in [0.5, 0.6) is 5.75 Å². The smallest absolute Gasteiger partial charge is 0.152 e. The third-order valence-electron chi connectivity index (χ3n) is 2.73. The molecule has 0 bridgehead atoms. The fourth-order valence-electron chi connectivity index (χ4n) is 1.79. The Labute approximate surface area is 98.7 Å². The first-order chi connectivity index (χ1) is 8.36. The van der Waals surface area contributed by atoms with Gasteiger partial charge in [0.1, 0.15) is 5.75 Å². The molecule has 0 amide bonds. The Bertz CT molecular complexity index is 641. The number of fused-ring (bicyclic) bond motifs is 1. The average Bonchev–Trinajstić information content (AvgIpc) is 2.86. The van der Waals surface area contributed by atoms with Crippen LogP contribution in [-0.2, 0) is 0 Å². The molecule has 0 saturated heterocycles. The molecule has 2 aromatic heterocycles. The van der Waals surface area contributed by atoms with Crippen molar-refractivity contribution >= 4 is 11.0 Å². The van der Waals surface area contributed by atoms with Crippen molar-refractivity contribution in [1.82, 2.24) is 4.98 Å². The van der Waals surface area contributed by atoms with Gasteiger partial charge >= 0.3 is 0 Å². The summed E-state index contributed by atoms with van der Waals surface area (Å²) >= 11 is 0. The molecular weight excluding hydrogens is 214 g/mol. The lowest BCUT2D eigenvalue weighted by Crippen LogP contribution is -1.84. The number of methoxy groups -OCH3 is 1. The minimum Gasteiger partial charge on any atom is -0.497 e. The van der Waals surface area contributed by atoms with E-state index < -0.39 is 0 Å². The second-order valence-corrected chi connectivity index (χ2v) is 3.76. The molecule has 0 unspecified atom stereocenters. The van der Waals surface area contributed by atoms with Gasteiger partial charge in [0.25, 0.3) is 0 Å². The predicted molar refractivity (Wildman–Crippen MR) is 66.0 cm³/mol. The van der Waals surface area contributed by atoms with Crippen LogP contribution in [0.4, 0.5) is 0 Å². The summed E-state index contributed by atoms with van der Waals surface area (Å²) in [6.07, 6.45) is 3.42. The van der Waals surface area contributed by atoms with E-state index in [-0.39, 0.29) is 0 Å². The van der Waals surface area contributed by atoms with Crippen LogP contribution in [0.15, 0.2) is 53.3 Å². The molecule has 0 aliphatic heterocycles. The number of hydrogen-bond donors (Lipinski definition) is 0. The van der Waals surface area contributed by atoms with Crippen LogP contribution in [0.1, 0.15) is 0 Å². The van der Waals surface area contributed by atoms with Crippen molar-refractivity contribution in [3.05, 3.63) is 48.9 Å². The zero-order chi connectivity index (χ0) is 11.7. The highest BCUT2D eigenvalue weighted by molar-refractivity contribution is 5.80. The van der Waals surface area contributed by atoms with Crippen LogP contribution in [0.3, 0.4) is 0 Å². The first kappa shape index (κ1) is 9.90. The van der Waals surface area contributed by atoms with Gasteiger partial charge in [-0.1, -0.05) is 0 Å². The molecule has 3 aromatic rings. The fourth-order valence-corrected chi connectivity index (χ4v) is 1.79. The van der Waals surface area contributed by atoms with Gasteiger partial charge in [0.05, 0.1) is 25.3 Å². The number of benzene rings is 1. The lowest BCUT2D eigenvalue weighted by molar-refractivity contribution is 0.415. The van der Waals surface area contributed by atoms with E-state index in [0.717, 1.165) is 28.0 Å². The zero-order valence-corrected chi connectivity index (χ0v) is 9.38. The predicted octanol–water partition coefficient (Wildman–Crippen LogP) is 3.50. The Morgan fingerprint density at radius 1 is 1.12 bits per heavy atom. The van der Waals surface area contributed by atoms with Gasteiger partial charge in [0, 0.05) is 10.9 Å². The lowest BCUT2D eigenvalue weighted by atomic mass is 10.1. The van der Waals surface area contributed by atoms with Crippen LogP contribution in [0.25, 0.3) is 22.2 Å². The summed E-state index contributed by atoms with van der Waals surface area (Å²) in [7, 11) is 1.66. The number of pyridine rings is 1. The summed E-state index contributed by atoms with van der Waals surface area (Å²) in [6.45, 7) is 0. The van der Waals surface area contributed by atoms with Gasteiger partial charge in [-0.05, 0) is 36.4 Å². The molecule has 0 fully saturated rings. The number of hydrogen-bond acceptors (Lipinski definition) is 3. The lowest BCUT2D eigenvalue weighted by Gasteiger charge is -2.02. The van der Waals surface area contributed by atoms with Crippen molar-refractivity contribution in [2.45, 2.75) is 0 Å². The topological polar surface area (TPSA) is 35.3 Å². The van der Waals surface area contributed by atoms with Crippen molar-refractivity contribution in [1.29, 1.82) is 0 Å². The van der Waals surface area contributed by atoms with E-state index in [0.29, 0.717) is 0 Å². The van der Waals surface area contributed by atoms with E-state index in [1.807, 2.05) is 36.4 Å². The van der Waals surface area contributed by atoms with E-state index in [1.54, 1.807) is 19.6 Å². The maximum atomic E-state index is 5.26. The summed E-state index contributed by atoms with van der Waals surface area (Å²) in [6, 6.07) is 11.8. The summed E-state index contributed by atoms with van der Waals surface area (Å²) in [5, 5.41) is 1.06. The Kier molecular flexibility index (Phi) is 2.29. The molecule has 0 atom stereocenters. The van der Waals surface area contributed by atoms with Gasteiger partial charge in [-0.15, -0.1) is 0 Å². The van der Waals surface area contributed by atoms with Gasteiger partial charge in [0.15, 0.2) is 5.58 Å². The zero-order valence-electron chi connectivity index (χ0n) is 9.38. The molecule has 0 radical (unpaired) electrons. The maximum Gasteiger partial charge on any atom is 0.152 e. The molecule has 0 aliphatic rings. The number of rotatable bonds is 2. The number of aromatic nitrogens is 1. The van der Waals surface area contributed by atoms with Crippen LogP contribution in [0.2, 0.25) is 0 Å². The van der Waals surface area contributed by atoms with Gasteiger partial charge in [0.2, 0.25) is 0 Å². The van der Waals surface area contributed by atoms with Crippen LogP contribution in [-0.4, -0.2) is 12.1 Å². The molecule has 2 heterocycles. The van der Waals surface area contributed by atoms with E-state index >= 15 is 0 Å². The summed E-state index contributed by atoms with van der Waals surface area (Å²) in [5.74, 6) is 0.845. The first-order valence-electron chi connectivity index (χ1n) is 5.34. The SMILES string of the molecule is COc1ccc(-c2cc3ccoc3cn2)cc1. The van der Waals surface area contributed by atoms with Crippen molar-refractivity contribution in [3.8, 4) is 17.0 Å². The molecule has 0 spiro atoms.